The highest BCUT2D eigenvalue weighted by Gasteiger charge is 2.08. The number of halogens is 1. The van der Waals surface area contributed by atoms with Crippen LogP contribution < -0.4 is 0 Å². The minimum atomic E-state index is -0.308. The lowest BCUT2D eigenvalue weighted by atomic mass is 10.2. The first kappa shape index (κ1) is 15.4. The molecule has 0 bridgehead atoms. The Morgan fingerprint density at radius 3 is 2.25 bits per heavy atom. The van der Waals surface area contributed by atoms with Crippen molar-refractivity contribution in [1.29, 1.82) is 0 Å². The van der Waals surface area contributed by atoms with E-state index in [0.717, 1.165) is 21.9 Å². The van der Waals surface area contributed by atoms with Gasteiger partial charge in [-0.25, -0.2) is 0 Å². The molecule has 0 atom stereocenters. The van der Waals surface area contributed by atoms with Crippen molar-refractivity contribution in [2.24, 2.45) is 0 Å². The molecule has 0 N–H and O–H groups in total. The van der Waals surface area contributed by atoms with Gasteiger partial charge in [-0.3, -0.25) is 0 Å². The van der Waals surface area contributed by atoms with Crippen molar-refractivity contribution in [3.05, 3.63) is 64.7 Å². The van der Waals surface area contributed by atoms with Crippen molar-refractivity contribution in [2.75, 3.05) is 14.2 Å². The van der Waals surface area contributed by atoms with E-state index >= 15 is 0 Å². The van der Waals surface area contributed by atoms with E-state index < -0.39 is 0 Å². The smallest absolute Gasteiger partial charge is 0.183 e. The van der Waals surface area contributed by atoms with Gasteiger partial charge in [0.05, 0.1) is 0 Å². The van der Waals surface area contributed by atoms with E-state index in [1.807, 2.05) is 30.3 Å². The standard InChI is InChI=1S/C16H17ClO2S/c1-18-16(19-2)12-7-9-14(10-8-12)20-11-13-5-3-4-6-15(13)17/h3-10,16H,11H2,1-2H3. The second-order valence-corrected chi connectivity index (χ2v) is 5.71. The van der Waals surface area contributed by atoms with Crippen LogP contribution in [0.3, 0.4) is 0 Å². The van der Waals surface area contributed by atoms with Crippen LogP contribution in [0.1, 0.15) is 17.4 Å². The number of hydrogen-bond acceptors (Lipinski definition) is 3. The van der Waals surface area contributed by atoms with Crippen LogP contribution in [0, 0.1) is 0 Å². The van der Waals surface area contributed by atoms with E-state index in [1.165, 1.54) is 4.90 Å². The van der Waals surface area contributed by atoms with Gasteiger partial charge < -0.3 is 9.47 Å². The maximum Gasteiger partial charge on any atom is 0.183 e. The van der Waals surface area contributed by atoms with Gasteiger partial charge in [-0.15, -0.1) is 11.8 Å². The van der Waals surface area contributed by atoms with Gasteiger partial charge in [0.1, 0.15) is 0 Å². The normalized spacial score (nSPS) is 11.0. The highest BCUT2D eigenvalue weighted by Crippen LogP contribution is 2.28. The lowest BCUT2D eigenvalue weighted by Crippen LogP contribution is -2.02. The Morgan fingerprint density at radius 1 is 1.00 bits per heavy atom. The minimum Gasteiger partial charge on any atom is -0.352 e. The predicted molar refractivity (Wildman–Crippen MR) is 84.2 cm³/mol. The van der Waals surface area contributed by atoms with Crippen LogP contribution >= 0.6 is 23.4 Å². The van der Waals surface area contributed by atoms with Crippen LogP contribution in [0.15, 0.2) is 53.4 Å². The van der Waals surface area contributed by atoms with Gasteiger partial charge in [-0.1, -0.05) is 41.9 Å². The number of ether oxygens (including phenoxy) is 2. The van der Waals surface area contributed by atoms with Crippen molar-refractivity contribution >= 4 is 23.4 Å². The van der Waals surface area contributed by atoms with Crippen molar-refractivity contribution in [3.8, 4) is 0 Å². The third-order valence-electron chi connectivity index (χ3n) is 2.93. The monoisotopic (exact) mass is 308 g/mol. The van der Waals surface area contributed by atoms with Crippen molar-refractivity contribution in [2.45, 2.75) is 16.9 Å². The van der Waals surface area contributed by atoms with E-state index in [2.05, 4.69) is 18.2 Å². The third kappa shape index (κ3) is 4.00. The van der Waals surface area contributed by atoms with Gasteiger partial charge in [0.15, 0.2) is 6.29 Å². The maximum atomic E-state index is 6.15. The number of hydrogen-bond donors (Lipinski definition) is 0. The van der Waals surface area contributed by atoms with E-state index in [0.29, 0.717) is 0 Å². The largest absolute Gasteiger partial charge is 0.352 e. The van der Waals surface area contributed by atoms with Gasteiger partial charge in [0.25, 0.3) is 0 Å². The SMILES string of the molecule is COC(OC)c1ccc(SCc2ccccc2Cl)cc1. The van der Waals surface area contributed by atoms with E-state index in [9.17, 15) is 0 Å². The molecular formula is C16H17ClO2S. The summed E-state index contributed by atoms with van der Waals surface area (Å²) in [6, 6.07) is 16.1. The lowest BCUT2D eigenvalue weighted by Gasteiger charge is -2.13. The first-order chi connectivity index (χ1) is 9.74. The molecule has 2 nitrogen and oxygen atoms in total. The van der Waals surface area contributed by atoms with Gasteiger partial charge in [0, 0.05) is 35.5 Å². The topological polar surface area (TPSA) is 18.5 Å². The summed E-state index contributed by atoms with van der Waals surface area (Å²) in [6.45, 7) is 0. The predicted octanol–water partition coefficient (Wildman–Crippen LogP) is 4.92. The Morgan fingerprint density at radius 2 is 1.65 bits per heavy atom. The summed E-state index contributed by atoms with van der Waals surface area (Å²) in [6.07, 6.45) is -0.308. The highest BCUT2D eigenvalue weighted by atomic mass is 35.5. The Hall–Kier alpha value is -1.00. The summed E-state index contributed by atoms with van der Waals surface area (Å²) in [5.41, 5.74) is 2.16. The molecule has 0 aliphatic rings. The second-order valence-electron chi connectivity index (χ2n) is 4.25. The van der Waals surface area contributed by atoms with Crippen LogP contribution in [-0.4, -0.2) is 14.2 Å². The maximum absolute atomic E-state index is 6.15. The number of thioether (sulfide) groups is 1. The van der Waals surface area contributed by atoms with Crippen molar-refractivity contribution in [3.63, 3.8) is 0 Å². The Bertz CT molecular complexity index is 538. The number of rotatable bonds is 6. The number of methoxy groups -OCH3 is 2. The molecule has 0 saturated carbocycles. The molecule has 0 fully saturated rings. The molecule has 0 amide bonds. The van der Waals surface area contributed by atoms with E-state index in [4.69, 9.17) is 21.1 Å². The molecule has 0 aliphatic carbocycles. The molecule has 0 saturated heterocycles. The van der Waals surface area contributed by atoms with Crippen LogP contribution in [0.2, 0.25) is 5.02 Å². The fourth-order valence-electron chi connectivity index (χ4n) is 1.87. The van der Waals surface area contributed by atoms with E-state index in [-0.39, 0.29) is 6.29 Å². The second kappa shape index (κ2) is 7.70. The first-order valence-electron chi connectivity index (χ1n) is 6.26. The molecule has 0 aromatic heterocycles. The van der Waals surface area contributed by atoms with Gasteiger partial charge in [-0.2, -0.15) is 0 Å². The summed E-state index contributed by atoms with van der Waals surface area (Å²) in [7, 11) is 3.27. The fourth-order valence-corrected chi connectivity index (χ4v) is 3.05. The highest BCUT2D eigenvalue weighted by molar-refractivity contribution is 7.98. The Kier molecular flexibility index (Phi) is 5.92. The zero-order chi connectivity index (χ0) is 14.4. The van der Waals surface area contributed by atoms with Gasteiger partial charge >= 0.3 is 0 Å². The summed E-state index contributed by atoms with van der Waals surface area (Å²) in [5, 5.41) is 0.815. The molecule has 20 heavy (non-hydrogen) atoms. The Labute approximate surface area is 129 Å². The summed E-state index contributed by atoms with van der Waals surface area (Å²) in [4.78, 5) is 1.19. The Balaban J connectivity index is 1.99. The molecule has 2 rings (SSSR count). The molecule has 0 aliphatic heterocycles. The molecule has 2 aromatic carbocycles. The molecule has 4 heteroatoms. The first-order valence-corrected chi connectivity index (χ1v) is 7.62. The van der Waals surface area contributed by atoms with Crippen LogP contribution in [-0.2, 0) is 15.2 Å². The third-order valence-corrected chi connectivity index (χ3v) is 4.36. The van der Waals surface area contributed by atoms with Gasteiger partial charge in [0.2, 0.25) is 0 Å². The summed E-state index contributed by atoms with van der Waals surface area (Å²) < 4.78 is 10.4. The zero-order valence-electron chi connectivity index (χ0n) is 11.5. The van der Waals surface area contributed by atoms with Gasteiger partial charge in [-0.05, 0) is 23.8 Å². The lowest BCUT2D eigenvalue weighted by molar-refractivity contribution is -0.106. The fraction of sp³-hybridized carbons (Fsp3) is 0.250. The average Bonchev–Trinajstić information content (AvgIpc) is 2.49. The molecule has 0 unspecified atom stereocenters. The number of benzene rings is 2. The quantitative estimate of drug-likeness (QED) is 0.557. The molecule has 0 heterocycles. The molecule has 106 valence electrons. The molecule has 0 spiro atoms. The summed E-state index contributed by atoms with van der Waals surface area (Å²) in [5.74, 6) is 0.858. The average molecular weight is 309 g/mol. The summed E-state index contributed by atoms with van der Waals surface area (Å²) >= 11 is 7.91. The van der Waals surface area contributed by atoms with E-state index in [1.54, 1.807) is 26.0 Å². The van der Waals surface area contributed by atoms with Crippen LogP contribution in [0.5, 0.6) is 0 Å². The minimum absolute atomic E-state index is 0.308. The molecule has 2 aromatic rings. The zero-order valence-corrected chi connectivity index (χ0v) is 13.1. The molecule has 0 radical (unpaired) electrons. The van der Waals surface area contributed by atoms with Crippen LogP contribution in [0.25, 0.3) is 0 Å². The van der Waals surface area contributed by atoms with Crippen LogP contribution in [0.4, 0.5) is 0 Å². The van der Waals surface area contributed by atoms with Crippen molar-refractivity contribution in [1.82, 2.24) is 0 Å². The molecular weight excluding hydrogens is 292 g/mol. The van der Waals surface area contributed by atoms with Crippen molar-refractivity contribution < 1.29 is 9.47 Å².